The largest absolute Gasteiger partial charge is 0.497 e. The molecule has 1 aromatic rings. The van der Waals surface area contributed by atoms with Crippen molar-refractivity contribution < 1.29 is 67.3 Å². The fourth-order valence-electron chi connectivity index (χ4n) is 12.5. The second-order valence-electron chi connectivity index (χ2n) is 28.8. The standard InChI is InChI=1S/C70H117N11O14/c1-26-27-28-44(14)59(83)58-69(93)81-57(47(17)95-70(81)48-29-31-49(94-25)32-30-48)67(91)74(18)37-54(82)75(19)50(33-38(2)3)62(86)73-55(42(10)11)66(90)76(20)51(34-39(4)5)61(85)71-45(15)60(84)72-46(16)63(87)77(21)52(35-40(6)7)64(88)78(22)53(36-41(8)9)65(89)79(23)56(43(12)13)68(92)80(58)24/h26-27,29-32,38-47,50-53,55-59,70,83H,28,33-37H2,1-25H3,(H,71,85)(H,72,84)(H,73,86)/b27-26+/t44-,45+,46-,47+,50+,51+,52+,53+,55+,56+,57-,58+,59-,70-/m1/s1. The number of aliphatic hydroxyl groups is 1. The zero-order valence-electron chi connectivity index (χ0n) is 61.6. The second-order valence-corrected chi connectivity index (χ2v) is 28.8. The number of carbonyl (C=O) groups excluding carboxylic acids is 11. The lowest BCUT2D eigenvalue weighted by Gasteiger charge is -2.43. The molecule has 0 aromatic heterocycles. The molecule has 2 saturated heterocycles. The minimum Gasteiger partial charge on any atom is -0.497 e. The van der Waals surface area contributed by atoms with E-state index in [0.717, 1.165) is 9.80 Å². The van der Waals surface area contributed by atoms with Crippen molar-refractivity contribution in [1.29, 1.82) is 0 Å². The molecule has 2 fully saturated rings. The SMILES string of the molecule is C/C=C/C[C@@H](C)[C@@H](O)[C@H]1C(=O)N2[C@@H](c3ccc(OC)cc3)O[C@@H](C)[C@@H]2C(=O)N(C)CC(=O)N(C)[C@@H](CC(C)C)C(=O)N[C@@H](C(C)C)C(=O)N(C)[C@@H](CC(C)C)C(=O)N[C@@H](C)C(=O)N[C@H](C)C(=O)N(C)[C@@H](CC(C)C)C(=O)N(C)[C@@H](CC(C)C)C(=O)N(C)[C@@H](C(C)C)C(=O)N1C. The molecule has 4 N–H and O–H groups in total. The lowest BCUT2D eigenvalue weighted by Crippen LogP contribution is -2.64. The van der Waals surface area contributed by atoms with Gasteiger partial charge in [0.15, 0.2) is 6.23 Å². The van der Waals surface area contributed by atoms with E-state index in [4.69, 9.17) is 9.47 Å². The van der Waals surface area contributed by atoms with Gasteiger partial charge in [-0.25, -0.2) is 0 Å². The van der Waals surface area contributed by atoms with Crippen molar-refractivity contribution in [3.05, 3.63) is 42.0 Å². The van der Waals surface area contributed by atoms with E-state index in [9.17, 15) is 33.9 Å². The lowest BCUT2D eigenvalue weighted by molar-refractivity contribution is -0.162. The minimum atomic E-state index is -1.75. The van der Waals surface area contributed by atoms with Gasteiger partial charge in [0.05, 0.1) is 25.9 Å². The van der Waals surface area contributed by atoms with Crippen LogP contribution in [0.3, 0.4) is 0 Å². The molecule has 0 unspecified atom stereocenters. The number of ether oxygens (including phenoxy) is 2. The number of rotatable bonds is 16. The molecule has 14 atom stereocenters. The van der Waals surface area contributed by atoms with Crippen LogP contribution in [0, 0.1) is 41.4 Å². The maximum Gasteiger partial charge on any atom is 0.251 e. The lowest BCUT2D eigenvalue weighted by atomic mass is 9.90. The van der Waals surface area contributed by atoms with E-state index in [1.54, 1.807) is 78.8 Å². The summed E-state index contributed by atoms with van der Waals surface area (Å²) in [5.74, 6) is -9.83. The summed E-state index contributed by atoms with van der Waals surface area (Å²) < 4.78 is 12.1. The zero-order valence-corrected chi connectivity index (χ0v) is 61.6. The molecule has 0 spiro atoms. The molecule has 25 nitrogen and oxygen atoms in total. The number of fused-ring (bicyclic) bond motifs is 1. The number of nitrogens with zero attached hydrogens (tertiary/aromatic N) is 8. The van der Waals surface area contributed by atoms with Crippen molar-refractivity contribution in [2.24, 2.45) is 41.4 Å². The fraction of sp³-hybridized carbons (Fsp3) is 0.729. The van der Waals surface area contributed by atoms with Gasteiger partial charge < -0.3 is 64.8 Å². The number of nitrogens with one attached hydrogen (secondary N) is 3. The Bertz CT molecular complexity index is 2850. The van der Waals surface area contributed by atoms with Gasteiger partial charge in [-0.3, -0.25) is 57.6 Å². The average molecular weight is 1340 g/mol. The van der Waals surface area contributed by atoms with Crippen LogP contribution in [0.5, 0.6) is 5.75 Å². The number of amides is 11. The highest BCUT2D eigenvalue weighted by Crippen LogP contribution is 2.39. The van der Waals surface area contributed by atoms with Crippen LogP contribution in [-0.4, -0.2) is 245 Å². The highest BCUT2D eigenvalue weighted by atomic mass is 16.5. The van der Waals surface area contributed by atoms with Gasteiger partial charge in [0.1, 0.15) is 66.2 Å². The molecule has 0 radical (unpaired) electrons. The Kier molecular flexibility index (Phi) is 31.3. The zero-order chi connectivity index (χ0) is 72.7. The Balaban J connectivity index is 2.47. The summed E-state index contributed by atoms with van der Waals surface area (Å²) in [6.07, 6.45) is 0.354. The third-order valence-corrected chi connectivity index (χ3v) is 18.3. The summed E-state index contributed by atoms with van der Waals surface area (Å²) in [7, 11) is 11.4. The number of likely N-dealkylation sites (N-methyl/N-ethyl adjacent to an activating group) is 7. The third kappa shape index (κ3) is 20.9. The van der Waals surface area contributed by atoms with Crippen molar-refractivity contribution in [2.45, 2.75) is 229 Å². The molecular formula is C70H117N11O14. The average Bonchev–Trinajstić information content (AvgIpc) is 1.68. The quantitative estimate of drug-likeness (QED) is 0.163. The van der Waals surface area contributed by atoms with Gasteiger partial charge in [-0.05, 0) is 113 Å². The number of aliphatic hydroxyl groups excluding tert-OH is 1. The van der Waals surface area contributed by atoms with Crippen molar-refractivity contribution in [1.82, 2.24) is 55.1 Å². The predicted octanol–water partition coefficient (Wildman–Crippen LogP) is 4.70. The molecule has 95 heavy (non-hydrogen) atoms. The molecule has 0 aliphatic carbocycles. The Morgan fingerprint density at radius 1 is 0.516 bits per heavy atom. The Hall–Kier alpha value is -7.15. The van der Waals surface area contributed by atoms with E-state index < -0.39 is 168 Å². The smallest absolute Gasteiger partial charge is 0.251 e. The molecule has 536 valence electrons. The van der Waals surface area contributed by atoms with Gasteiger partial charge >= 0.3 is 0 Å². The number of allylic oxidation sites excluding steroid dienone is 2. The first-order valence-electron chi connectivity index (χ1n) is 33.8. The van der Waals surface area contributed by atoms with Gasteiger partial charge in [-0.2, -0.15) is 0 Å². The number of carbonyl (C=O) groups is 11. The Morgan fingerprint density at radius 3 is 1.43 bits per heavy atom. The van der Waals surface area contributed by atoms with E-state index in [2.05, 4.69) is 16.0 Å². The highest BCUT2D eigenvalue weighted by Gasteiger charge is 2.54. The van der Waals surface area contributed by atoms with Gasteiger partial charge in [0, 0.05) is 54.9 Å². The number of methoxy groups -OCH3 is 1. The van der Waals surface area contributed by atoms with Crippen LogP contribution < -0.4 is 20.7 Å². The van der Waals surface area contributed by atoms with Crippen LogP contribution in [-0.2, 0) is 57.5 Å². The molecule has 0 bridgehead atoms. The van der Waals surface area contributed by atoms with E-state index in [0.29, 0.717) is 11.3 Å². The van der Waals surface area contributed by atoms with Crippen LogP contribution in [0.2, 0.25) is 0 Å². The van der Waals surface area contributed by atoms with Crippen LogP contribution in [0.4, 0.5) is 0 Å². The first-order chi connectivity index (χ1) is 44.1. The number of hydrogen-bond acceptors (Lipinski definition) is 14. The molecule has 11 amide bonds. The summed E-state index contributed by atoms with van der Waals surface area (Å²) in [5, 5.41) is 21.0. The molecule has 3 rings (SSSR count). The third-order valence-electron chi connectivity index (χ3n) is 18.3. The monoisotopic (exact) mass is 1340 g/mol. The second kappa shape index (κ2) is 36.3. The molecule has 25 heteroatoms. The molecule has 1 aromatic carbocycles. The first kappa shape index (κ1) is 82.1. The number of benzene rings is 1. The maximum atomic E-state index is 16.2. The van der Waals surface area contributed by atoms with Crippen LogP contribution >= 0.6 is 0 Å². The van der Waals surface area contributed by atoms with Crippen molar-refractivity contribution in [3.63, 3.8) is 0 Å². The molecule has 2 aliphatic rings. The van der Waals surface area contributed by atoms with E-state index in [-0.39, 0.29) is 55.8 Å². The van der Waals surface area contributed by atoms with Crippen molar-refractivity contribution in [3.8, 4) is 5.75 Å². The number of hydrogen-bond donors (Lipinski definition) is 4. The first-order valence-corrected chi connectivity index (χ1v) is 33.8. The molecule has 2 aliphatic heterocycles. The fourth-order valence-corrected chi connectivity index (χ4v) is 12.5. The van der Waals surface area contributed by atoms with E-state index in [1.807, 2.05) is 61.5 Å². The molecule has 2 heterocycles. The summed E-state index contributed by atoms with van der Waals surface area (Å²) >= 11 is 0. The van der Waals surface area contributed by atoms with E-state index in [1.165, 1.54) is 99.7 Å². The topological polar surface area (TPSA) is 288 Å². The van der Waals surface area contributed by atoms with E-state index >= 15 is 24.0 Å². The predicted molar refractivity (Wildman–Crippen MR) is 363 cm³/mol. The van der Waals surface area contributed by atoms with Gasteiger partial charge in [-0.15, -0.1) is 0 Å². The maximum absolute atomic E-state index is 16.2. The summed E-state index contributed by atoms with van der Waals surface area (Å²) in [6, 6.07) is -6.40. The van der Waals surface area contributed by atoms with Gasteiger partial charge in [0.2, 0.25) is 59.1 Å². The minimum absolute atomic E-state index is 0.115. The van der Waals surface area contributed by atoms with Crippen molar-refractivity contribution in [2.75, 3.05) is 63.0 Å². The Labute approximate surface area is 566 Å². The summed E-state index contributed by atoms with van der Waals surface area (Å²) in [6.45, 7) is 29.2. The van der Waals surface area contributed by atoms with Gasteiger partial charge in [0.25, 0.3) is 5.91 Å². The van der Waals surface area contributed by atoms with Crippen molar-refractivity contribution >= 4 is 65.0 Å². The van der Waals surface area contributed by atoms with Crippen LogP contribution in [0.25, 0.3) is 0 Å². The normalized spacial score (nSPS) is 27.5. The molecule has 0 saturated carbocycles. The molecular weight excluding hydrogens is 1220 g/mol. The van der Waals surface area contributed by atoms with Gasteiger partial charge in [-0.1, -0.05) is 114 Å². The van der Waals surface area contributed by atoms with Crippen LogP contribution in [0.1, 0.15) is 162 Å². The van der Waals surface area contributed by atoms with Crippen LogP contribution in [0.15, 0.2) is 36.4 Å². The highest BCUT2D eigenvalue weighted by molar-refractivity contribution is 6.00. The summed E-state index contributed by atoms with van der Waals surface area (Å²) in [5.41, 5.74) is 0.399. The summed E-state index contributed by atoms with van der Waals surface area (Å²) in [4.78, 5) is 175. The Morgan fingerprint density at radius 2 is 0.958 bits per heavy atom.